The number of carbonyl (C=O) groups excluding carboxylic acids is 1. The van der Waals surface area contributed by atoms with Crippen molar-refractivity contribution in [3.8, 4) is 0 Å². The summed E-state index contributed by atoms with van der Waals surface area (Å²) in [5, 5.41) is 4.76. The summed E-state index contributed by atoms with van der Waals surface area (Å²) in [6.45, 7) is 0.938. The van der Waals surface area contributed by atoms with Crippen LogP contribution in [0.2, 0.25) is 0 Å². The first-order valence-electron chi connectivity index (χ1n) is 7.47. The van der Waals surface area contributed by atoms with E-state index in [1.165, 1.54) is 22.6 Å². The van der Waals surface area contributed by atoms with E-state index in [4.69, 9.17) is 0 Å². The molecule has 3 heterocycles. The van der Waals surface area contributed by atoms with Gasteiger partial charge in [-0.25, -0.2) is 4.98 Å². The van der Waals surface area contributed by atoms with Gasteiger partial charge in [0.1, 0.15) is 5.82 Å². The van der Waals surface area contributed by atoms with Crippen LogP contribution >= 0.6 is 11.3 Å². The molecule has 1 aliphatic rings. The molecule has 2 aromatic heterocycles. The lowest BCUT2D eigenvalue weighted by atomic mass is 10.2. The SMILES string of the molecule is O=C(Nc1ccc(N2CCc3ccccc32)nc1)c1cccs1. The molecule has 1 aromatic carbocycles. The summed E-state index contributed by atoms with van der Waals surface area (Å²) in [7, 11) is 0. The first kappa shape index (κ1) is 14.0. The molecule has 1 amide bonds. The van der Waals surface area contributed by atoms with Crippen LogP contribution in [0, 0.1) is 0 Å². The van der Waals surface area contributed by atoms with Crippen LogP contribution in [0.4, 0.5) is 17.2 Å². The van der Waals surface area contributed by atoms with Gasteiger partial charge in [-0.2, -0.15) is 0 Å². The second-order valence-electron chi connectivity index (χ2n) is 5.37. The number of benzene rings is 1. The monoisotopic (exact) mass is 321 g/mol. The molecule has 0 radical (unpaired) electrons. The highest BCUT2D eigenvalue weighted by Gasteiger charge is 2.20. The quantitative estimate of drug-likeness (QED) is 0.790. The highest BCUT2D eigenvalue weighted by molar-refractivity contribution is 7.12. The molecule has 4 rings (SSSR count). The first-order chi connectivity index (χ1) is 11.3. The van der Waals surface area contributed by atoms with Crippen molar-refractivity contribution in [3.63, 3.8) is 0 Å². The molecule has 0 unspecified atom stereocenters. The number of anilines is 3. The Kier molecular flexibility index (Phi) is 3.55. The number of carbonyl (C=O) groups is 1. The standard InChI is InChI=1S/C18H15N3OS/c22-18(16-6-3-11-23-16)20-14-7-8-17(19-12-14)21-10-9-13-4-1-2-5-15(13)21/h1-8,11-12H,9-10H2,(H,20,22). The van der Waals surface area contributed by atoms with E-state index < -0.39 is 0 Å². The molecule has 0 spiro atoms. The van der Waals surface area contributed by atoms with Crippen molar-refractivity contribution in [1.29, 1.82) is 0 Å². The molecule has 5 heteroatoms. The number of nitrogens with one attached hydrogen (secondary N) is 1. The van der Waals surface area contributed by atoms with Crippen LogP contribution in [0.1, 0.15) is 15.2 Å². The Morgan fingerprint density at radius 3 is 2.83 bits per heavy atom. The van der Waals surface area contributed by atoms with Crippen molar-refractivity contribution in [1.82, 2.24) is 4.98 Å². The number of thiophene rings is 1. The van der Waals surface area contributed by atoms with E-state index in [-0.39, 0.29) is 5.91 Å². The van der Waals surface area contributed by atoms with Crippen LogP contribution in [0.5, 0.6) is 0 Å². The van der Waals surface area contributed by atoms with Gasteiger partial charge in [-0.15, -0.1) is 11.3 Å². The van der Waals surface area contributed by atoms with Crippen molar-refractivity contribution in [2.24, 2.45) is 0 Å². The number of aromatic nitrogens is 1. The van der Waals surface area contributed by atoms with Gasteiger partial charge in [-0.05, 0) is 41.6 Å². The number of pyridine rings is 1. The van der Waals surface area contributed by atoms with Crippen LogP contribution in [0.3, 0.4) is 0 Å². The number of hydrogen-bond acceptors (Lipinski definition) is 4. The Morgan fingerprint density at radius 2 is 2.04 bits per heavy atom. The third-order valence-electron chi connectivity index (χ3n) is 3.91. The number of nitrogens with zero attached hydrogens (tertiary/aromatic N) is 2. The molecule has 23 heavy (non-hydrogen) atoms. The Morgan fingerprint density at radius 1 is 1.13 bits per heavy atom. The molecule has 4 nitrogen and oxygen atoms in total. The van der Waals surface area contributed by atoms with Gasteiger partial charge in [-0.3, -0.25) is 4.79 Å². The summed E-state index contributed by atoms with van der Waals surface area (Å²) >= 11 is 1.43. The second kappa shape index (κ2) is 5.85. The topological polar surface area (TPSA) is 45.2 Å². The molecular formula is C18H15N3OS. The van der Waals surface area contributed by atoms with E-state index in [9.17, 15) is 4.79 Å². The first-order valence-corrected chi connectivity index (χ1v) is 8.35. The van der Waals surface area contributed by atoms with Gasteiger partial charge in [0.25, 0.3) is 5.91 Å². The molecule has 0 saturated heterocycles. The molecule has 0 bridgehead atoms. The van der Waals surface area contributed by atoms with E-state index in [1.807, 2.05) is 35.7 Å². The van der Waals surface area contributed by atoms with Gasteiger partial charge in [0.2, 0.25) is 0 Å². The summed E-state index contributed by atoms with van der Waals surface area (Å²) < 4.78 is 0. The molecule has 0 aliphatic carbocycles. The van der Waals surface area contributed by atoms with Crippen LogP contribution in [0.25, 0.3) is 0 Å². The minimum Gasteiger partial charge on any atom is -0.326 e. The molecule has 0 atom stereocenters. The summed E-state index contributed by atoms with van der Waals surface area (Å²) in [5.74, 6) is 0.810. The Labute approximate surface area is 138 Å². The molecule has 114 valence electrons. The zero-order valence-electron chi connectivity index (χ0n) is 12.4. The molecule has 1 N–H and O–H groups in total. The lowest BCUT2D eigenvalue weighted by Gasteiger charge is -2.18. The summed E-state index contributed by atoms with van der Waals surface area (Å²) in [5.41, 5.74) is 3.28. The highest BCUT2D eigenvalue weighted by atomic mass is 32.1. The van der Waals surface area contributed by atoms with Crippen LogP contribution in [0.15, 0.2) is 60.1 Å². The van der Waals surface area contributed by atoms with Gasteiger partial charge < -0.3 is 10.2 Å². The van der Waals surface area contributed by atoms with E-state index in [2.05, 4.69) is 33.4 Å². The van der Waals surface area contributed by atoms with Crippen molar-refractivity contribution in [3.05, 3.63) is 70.5 Å². The zero-order valence-corrected chi connectivity index (χ0v) is 13.2. The third kappa shape index (κ3) is 2.71. The molecule has 3 aromatic rings. The fourth-order valence-corrected chi connectivity index (χ4v) is 3.42. The smallest absolute Gasteiger partial charge is 0.265 e. The number of rotatable bonds is 3. The predicted molar refractivity (Wildman–Crippen MR) is 93.7 cm³/mol. The van der Waals surface area contributed by atoms with E-state index >= 15 is 0 Å². The average molecular weight is 321 g/mol. The van der Waals surface area contributed by atoms with Gasteiger partial charge in [-0.1, -0.05) is 24.3 Å². The Bertz CT molecular complexity index is 828. The second-order valence-corrected chi connectivity index (χ2v) is 6.31. The largest absolute Gasteiger partial charge is 0.326 e. The maximum Gasteiger partial charge on any atom is 0.265 e. The minimum absolute atomic E-state index is 0.0962. The molecule has 1 aliphatic heterocycles. The summed E-state index contributed by atoms with van der Waals surface area (Å²) in [4.78, 5) is 19.5. The van der Waals surface area contributed by atoms with Crippen LogP contribution in [-0.4, -0.2) is 17.4 Å². The number of fused-ring (bicyclic) bond motifs is 1. The Balaban J connectivity index is 1.52. The number of amides is 1. The van der Waals surface area contributed by atoms with Crippen LogP contribution < -0.4 is 10.2 Å². The normalized spacial score (nSPS) is 13.0. The van der Waals surface area contributed by atoms with Gasteiger partial charge in [0, 0.05) is 12.2 Å². The third-order valence-corrected chi connectivity index (χ3v) is 4.78. The van der Waals surface area contributed by atoms with E-state index in [0.717, 1.165) is 18.8 Å². The van der Waals surface area contributed by atoms with Crippen LogP contribution in [-0.2, 0) is 6.42 Å². The van der Waals surface area contributed by atoms with Gasteiger partial charge in [0.05, 0.1) is 16.8 Å². The van der Waals surface area contributed by atoms with E-state index in [1.54, 1.807) is 6.20 Å². The average Bonchev–Trinajstić information content (AvgIpc) is 3.25. The number of para-hydroxylation sites is 1. The Hall–Kier alpha value is -2.66. The predicted octanol–water partition coefficient (Wildman–Crippen LogP) is 4.09. The lowest BCUT2D eigenvalue weighted by molar-refractivity contribution is 0.103. The fourth-order valence-electron chi connectivity index (χ4n) is 2.80. The highest BCUT2D eigenvalue weighted by Crippen LogP contribution is 2.33. The van der Waals surface area contributed by atoms with Crippen molar-refractivity contribution < 1.29 is 4.79 Å². The maximum atomic E-state index is 12.0. The lowest BCUT2D eigenvalue weighted by Crippen LogP contribution is -2.15. The zero-order chi connectivity index (χ0) is 15.6. The summed E-state index contributed by atoms with van der Waals surface area (Å²) in [6.07, 6.45) is 2.75. The van der Waals surface area contributed by atoms with Crippen molar-refractivity contribution >= 4 is 34.4 Å². The van der Waals surface area contributed by atoms with Gasteiger partial charge in [0.15, 0.2) is 0 Å². The van der Waals surface area contributed by atoms with Gasteiger partial charge >= 0.3 is 0 Å². The fraction of sp³-hybridized carbons (Fsp3) is 0.111. The summed E-state index contributed by atoms with van der Waals surface area (Å²) in [6, 6.07) is 15.9. The minimum atomic E-state index is -0.0962. The van der Waals surface area contributed by atoms with Crippen molar-refractivity contribution in [2.75, 3.05) is 16.8 Å². The van der Waals surface area contributed by atoms with Crippen molar-refractivity contribution in [2.45, 2.75) is 6.42 Å². The molecule has 0 saturated carbocycles. The molecular weight excluding hydrogens is 306 g/mol. The maximum absolute atomic E-state index is 12.0. The molecule has 0 fully saturated rings. The number of hydrogen-bond donors (Lipinski definition) is 1. The van der Waals surface area contributed by atoms with E-state index in [0.29, 0.717) is 10.6 Å².